The van der Waals surface area contributed by atoms with E-state index in [1.54, 1.807) is 0 Å². The number of hydrogen-bond donors (Lipinski definition) is 2. The van der Waals surface area contributed by atoms with Crippen molar-refractivity contribution in [2.45, 2.75) is 37.5 Å². The molecule has 154 valence electrons. The Kier molecular flexibility index (Phi) is 5.88. The van der Waals surface area contributed by atoms with Crippen LogP contribution in [0.5, 0.6) is 5.75 Å². The van der Waals surface area contributed by atoms with E-state index >= 15 is 0 Å². The van der Waals surface area contributed by atoms with Crippen molar-refractivity contribution >= 4 is 6.09 Å². The number of primary amides is 1. The van der Waals surface area contributed by atoms with Crippen LogP contribution in [0, 0.1) is 0 Å². The monoisotopic (exact) mass is 393 g/mol. The molecule has 3 fully saturated rings. The number of amides is 1. The molecule has 1 amide bonds. The van der Waals surface area contributed by atoms with Crippen LogP contribution in [0.4, 0.5) is 4.79 Å². The van der Waals surface area contributed by atoms with Gasteiger partial charge in [-0.2, -0.15) is 0 Å². The lowest BCUT2D eigenvalue weighted by Gasteiger charge is -2.50. The van der Waals surface area contributed by atoms with Crippen molar-refractivity contribution < 1.29 is 9.53 Å². The molecule has 2 aromatic rings. The fourth-order valence-electron chi connectivity index (χ4n) is 5.12. The number of benzene rings is 2. The molecule has 0 aliphatic carbocycles. The highest BCUT2D eigenvalue weighted by Gasteiger charge is 2.44. The Morgan fingerprint density at radius 2 is 1.79 bits per heavy atom. The molecular weight excluding hydrogens is 362 g/mol. The number of hydrogen-bond acceptors (Lipinski definition) is 4. The second-order valence-corrected chi connectivity index (χ2v) is 8.34. The lowest BCUT2D eigenvalue weighted by molar-refractivity contribution is 0.0797. The molecule has 5 rings (SSSR count). The third-order valence-electron chi connectivity index (χ3n) is 6.65. The van der Waals surface area contributed by atoms with E-state index in [2.05, 4.69) is 34.5 Å². The molecule has 3 aliphatic rings. The second kappa shape index (κ2) is 8.56. The summed E-state index contributed by atoms with van der Waals surface area (Å²) in [7, 11) is 1.98. The lowest BCUT2D eigenvalue weighted by atomic mass is 9.65. The number of nitrogens with two attached hydrogens (primary N) is 1. The van der Waals surface area contributed by atoms with Crippen LogP contribution in [0.25, 0.3) is 11.1 Å². The fraction of sp³-hybridized carbons (Fsp3) is 0.458. The van der Waals surface area contributed by atoms with Gasteiger partial charge in [-0.05, 0) is 76.5 Å². The highest BCUT2D eigenvalue weighted by Crippen LogP contribution is 2.50. The molecule has 0 atom stereocenters. The number of piperidine rings is 3. The molecular formula is C24H31N3O2. The number of carbonyl (C=O) groups is 1. The molecule has 0 unspecified atom stereocenters. The van der Waals surface area contributed by atoms with Crippen LogP contribution in [-0.2, 0) is 11.8 Å². The number of nitrogens with one attached hydrogen (secondary N) is 1. The van der Waals surface area contributed by atoms with Crippen molar-refractivity contribution in [1.29, 1.82) is 0 Å². The minimum Gasteiger partial charge on any atom is -0.410 e. The van der Waals surface area contributed by atoms with Crippen molar-refractivity contribution in [1.82, 2.24) is 10.2 Å². The predicted molar refractivity (Wildman–Crippen MR) is 116 cm³/mol. The fourth-order valence-corrected chi connectivity index (χ4v) is 5.12. The Labute approximate surface area is 173 Å². The standard InChI is InChI=1S/C24H31N3O2/c1-26-14-5-8-19-9-10-20(18-6-3-2-4-7-18)22(29-23(25)28)21(19)24-11-15-27(16-12-24)17-13-24/h2-4,6-7,9-10,26H,5,8,11-17H2,1H3,(H2,25,28). The molecule has 2 aromatic carbocycles. The minimum atomic E-state index is -0.736. The zero-order chi connectivity index (χ0) is 20.3. The van der Waals surface area contributed by atoms with Gasteiger partial charge >= 0.3 is 6.09 Å². The van der Waals surface area contributed by atoms with Crippen LogP contribution in [0.2, 0.25) is 0 Å². The van der Waals surface area contributed by atoms with Gasteiger partial charge in [0.2, 0.25) is 0 Å². The van der Waals surface area contributed by atoms with E-state index in [0.717, 1.165) is 69.4 Å². The maximum Gasteiger partial charge on any atom is 0.409 e. The van der Waals surface area contributed by atoms with Gasteiger partial charge in [-0.3, -0.25) is 0 Å². The van der Waals surface area contributed by atoms with Gasteiger partial charge in [0.05, 0.1) is 0 Å². The van der Waals surface area contributed by atoms with Gasteiger partial charge in [0.25, 0.3) is 0 Å². The first-order chi connectivity index (χ1) is 14.1. The molecule has 0 saturated carbocycles. The summed E-state index contributed by atoms with van der Waals surface area (Å²) in [6.07, 6.45) is 4.61. The van der Waals surface area contributed by atoms with Gasteiger partial charge in [0.15, 0.2) is 0 Å². The normalized spacial score (nSPS) is 23.1. The Hall–Kier alpha value is -2.37. The number of aryl methyl sites for hydroxylation is 1. The van der Waals surface area contributed by atoms with Gasteiger partial charge in [-0.15, -0.1) is 0 Å². The second-order valence-electron chi connectivity index (χ2n) is 8.34. The Balaban J connectivity index is 1.88. The molecule has 3 saturated heterocycles. The first-order valence-electron chi connectivity index (χ1n) is 10.7. The average Bonchev–Trinajstić information content (AvgIpc) is 2.75. The van der Waals surface area contributed by atoms with Gasteiger partial charge in [0.1, 0.15) is 5.75 Å². The summed E-state index contributed by atoms with van der Waals surface area (Å²) in [5, 5.41) is 3.24. The van der Waals surface area contributed by atoms with Crippen LogP contribution in [0.1, 0.15) is 36.8 Å². The highest BCUT2D eigenvalue weighted by molar-refractivity contribution is 5.79. The zero-order valence-electron chi connectivity index (χ0n) is 17.2. The molecule has 2 bridgehead atoms. The number of fused-ring (bicyclic) bond motifs is 3. The van der Waals surface area contributed by atoms with E-state index in [-0.39, 0.29) is 5.41 Å². The lowest BCUT2D eigenvalue weighted by Crippen LogP contribution is -2.51. The number of nitrogens with zero attached hydrogens (tertiary/aromatic N) is 1. The number of carbonyl (C=O) groups excluding carboxylic acids is 1. The SMILES string of the molecule is CNCCCc1ccc(-c2ccccc2)c(OC(N)=O)c1C12CCN(CC1)CC2. The highest BCUT2D eigenvalue weighted by atomic mass is 16.5. The van der Waals surface area contributed by atoms with E-state index < -0.39 is 6.09 Å². The van der Waals surface area contributed by atoms with Crippen LogP contribution in [-0.4, -0.2) is 44.2 Å². The Bertz CT molecular complexity index is 844. The average molecular weight is 394 g/mol. The molecule has 0 spiro atoms. The smallest absolute Gasteiger partial charge is 0.409 e. The molecule has 5 heteroatoms. The molecule has 3 heterocycles. The van der Waals surface area contributed by atoms with E-state index in [0.29, 0.717) is 5.75 Å². The van der Waals surface area contributed by atoms with Gasteiger partial charge in [-0.1, -0.05) is 42.5 Å². The van der Waals surface area contributed by atoms with Crippen molar-refractivity contribution in [2.75, 3.05) is 33.2 Å². The van der Waals surface area contributed by atoms with Crippen LogP contribution in [0.3, 0.4) is 0 Å². The first-order valence-corrected chi connectivity index (χ1v) is 10.7. The molecule has 0 radical (unpaired) electrons. The summed E-state index contributed by atoms with van der Waals surface area (Å²) >= 11 is 0. The summed E-state index contributed by atoms with van der Waals surface area (Å²) in [6, 6.07) is 14.5. The Morgan fingerprint density at radius 3 is 2.41 bits per heavy atom. The van der Waals surface area contributed by atoms with Crippen molar-refractivity contribution in [3.05, 3.63) is 53.6 Å². The van der Waals surface area contributed by atoms with Gasteiger partial charge in [-0.25, -0.2) is 4.79 Å². The minimum absolute atomic E-state index is 0.0688. The third-order valence-corrected chi connectivity index (χ3v) is 6.65. The van der Waals surface area contributed by atoms with Gasteiger partial charge < -0.3 is 20.7 Å². The van der Waals surface area contributed by atoms with E-state index in [9.17, 15) is 4.79 Å². The van der Waals surface area contributed by atoms with Crippen molar-refractivity contribution in [3.63, 3.8) is 0 Å². The molecule has 0 aromatic heterocycles. The first kappa shape index (κ1) is 19.9. The van der Waals surface area contributed by atoms with E-state index in [1.807, 2.05) is 25.2 Å². The molecule has 3 aliphatic heterocycles. The quantitative estimate of drug-likeness (QED) is 0.704. The van der Waals surface area contributed by atoms with Crippen LogP contribution < -0.4 is 15.8 Å². The zero-order valence-corrected chi connectivity index (χ0v) is 17.2. The molecule has 3 N–H and O–H groups in total. The van der Waals surface area contributed by atoms with E-state index in [4.69, 9.17) is 10.5 Å². The van der Waals surface area contributed by atoms with Gasteiger partial charge in [0, 0.05) is 16.5 Å². The Morgan fingerprint density at radius 1 is 1.10 bits per heavy atom. The van der Waals surface area contributed by atoms with E-state index in [1.165, 1.54) is 11.1 Å². The third kappa shape index (κ3) is 4.02. The van der Waals surface area contributed by atoms with Crippen molar-refractivity contribution in [2.24, 2.45) is 5.73 Å². The maximum atomic E-state index is 11.9. The predicted octanol–water partition coefficient (Wildman–Crippen LogP) is 3.70. The molecule has 5 nitrogen and oxygen atoms in total. The van der Waals surface area contributed by atoms with Crippen LogP contribution >= 0.6 is 0 Å². The summed E-state index contributed by atoms with van der Waals surface area (Å²) in [4.78, 5) is 14.5. The summed E-state index contributed by atoms with van der Waals surface area (Å²) < 4.78 is 5.78. The molecule has 29 heavy (non-hydrogen) atoms. The number of ether oxygens (including phenoxy) is 1. The summed E-state index contributed by atoms with van der Waals surface area (Å²) in [5.74, 6) is 0.681. The maximum absolute atomic E-state index is 11.9. The summed E-state index contributed by atoms with van der Waals surface area (Å²) in [6.45, 7) is 4.30. The topological polar surface area (TPSA) is 67.6 Å². The largest absolute Gasteiger partial charge is 0.410 e. The number of rotatable bonds is 7. The van der Waals surface area contributed by atoms with Crippen molar-refractivity contribution in [3.8, 4) is 16.9 Å². The summed E-state index contributed by atoms with van der Waals surface area (Å²) in [5.41, 5.74) is 10.2. The van der Waals surface area contributed by atoms with Crippen LogP contribution in [0.15, 0.2) is 42.5 Å².